The first-order valence-electron chi connectivity index (χ1n) is 9.56. The van der Waals surface area contributed by atoms with Crippen molar-refractivity contribution in [2.45, 2.75) is 0 Å². The fraction of sp³-hybridized carbons (Fsp3) is 0.0400. The number of methoxy groups -OCH3 is 1. The molecule has 0 fully saturated rings. The second-order valence-corrected chi connectivity index (χ2v) is 6.87. The van der Waals surface area contributed by atoms with Crippen LogP contribution >= 0.6 is 0 Å². The molecule has 4 rings (SSSR count). The Balaban J connectivity index is 0.000000186. The number of fused-ring (bicyclic) bond motifs is 2. The molecule has 0 radical (unpaired) electrons. The number of rotatable bonds is 5. The first-order valence-corrected chi connectivity index (χ1v) is 9.56. The molecule has 0 aromatic heterocycles. The van der Waals surface area contributed by atoms with Crippen LogP contribution < -0.4 is 4.74 Å². The number of carboxylic acid groups (broad SMARTS) is 2. The Hall–Kier alpha value is -4.72. The molecule has 0 saturated carbocycles. The van der Waals surface area contributed by atoms with Crippen molar-refractivity contribution in [3.05, 3.63) is 83.9 Å². The number of carbonyl (C=O) groups is 4. The van der Waals surface area contributed by atoms with E-state index in [1.807, 2.05) is 6.07 Å². The number of carbonyl (C=O) groups excluding carboxylic acids is 2. The summed E-state index contributed by atoms with van der Waals surface area (Å²) in [4.78, 5) is 44.2. The minimum Gasteiger partial charge on any atom is -0.508 e. The van der Waals surface area contributed by atoms with Gasteiger partial charge in [0.1, 0.15) is 11.5 Å². The summed E-state index contributed by atoms with van der Waals surface area (Å²) in [6.07, 6.45) is 0. The van der Waals surface area contributed by atoms with Crippen molar-refractivity contribution >= 4 is 45.0 Å². The van der Waals surface area contributed by atoms with Crippen LogP contribution in [0.25, 0.3) is 21.5 Å². The van der Waals surface area contributed by atoms with Gasteiger partial charge in [0, 0.05) is 11.1 Å². The number of aliphatic carboxylic acids is 2. The highest BCUT2D eigenvalue weighted by molar-refractivity contribution is 6.42. The molecule has 33 heavy (non-hydrogen) atoms. The molecule has 4 aromatic rings. The van der Waals surface area contributed by atoms with Crippen LogP contribution in [0.15, 0.2) is 72.8 Å². The van der Waals surface area contributed by atoms with Crippen LogP contribution in [-0.2, 0) is 9.59 Å². The SMILES string of the molecule is COc1ccc2cccc(C(=O)C(=O)O)c2c1.O=C(O)C(=O)c1cccc2ccc(O)cc12. The average Bonchev–Trinajstić information content (AvgIpc) is 2.82. The lowest BCUT2D eigenvalue weighted by Gasteiger charge is -2.05. The van der Waals surface area contributed by atoms with Gasteiger partial charge in [-0.3, -0.25) is 9.59 Å². The summed E-state index contributed by atoms with van der Waals surface area (Å²) in [6, 6.07) is 19.4. The Labute approximate surface area is 187 Å². The van der Waals surface area contributed by atoms with Gasteiger partial charge in [0.05, 0.1) is 7.11 Å². The van der Waals surface area contributed by atoms with Gasteiger partial charge >= 0.3 is 11.9 Å². The first-order chi connectivity index (χ1) is 15.7. The third kappa shape index (κ3) is 4.96. The zero-order valence-electron chi connectivity index (χ0n) is 17.3. The van der Waals surface area contributed by atoms with E-state index in [1.165, 1.54) is 31.4 Å². The molecule has 0 aliphatic carbocycles. The topological polar surface area (TPSA) is 138 Å². The number of Topliss-reactive ketones (excluding diaryl/α,β-unsaturated/α-hetero) is 2. The molecule has 0 spiro atoms. The molecular weight excluding hydrogens is 428 g/mol. The van der Waals surface area contributed by atoms with Crippen molar-refractivity contribution in [2.24, 2.45) is 0 Å². The standard InChI is InChI=1S/C13H10O4.C12H8O4/c1-17-9-6-5-8-3-2-4-10(11(8)7-9)12(14)13(15)16;13-8-5-4-7-2-1-3-9(10(7)6-8)11(14)12(15)16/h2-7H,1H3,(H,15,16);1-6,13H,(H,15,16). The van der Waals surface area contributed by atoms with Gasteiger partial charge in [0.15, 0.2) is 0 Å². The monoisotopic (exact) mass is 446 g/mol. The molecular formula is C25H18O8. The maximum absolute atomic E-state index is 11.5. The van der Waals surface area contributed by atoms with E-state index >= 15 is 0 Å². The molecule has 0 atom stereocenters. The number of ether oxygens (including phenoxy) is 1. The highest BCUT2D eigenvalue weighted by Gasteiger charge is 2.18. The number of benzene rings is 4. The molecule has 0 bridgehead atoms. The highest BCUT2D eigenvalue weighted by atomic mass is 16.5. The van der Waals surface area contributed by atoms with Gasteiger partial charge in [0.2, 0.25) is 0 Å². The Bertz CT molecular complexity index is 1400. The van der Waals surface area contributed by atoms with Gasteiger partial charge in [-0.2, -0.15) is 0 Å². The van der Waals surface area contributed by atoms with Crippen molar-refractivity contribution in [3.8, 4) is 11.5 Å². The summed E-state index contributed by atoms with van der Waals surface area (Å²) in [7, 11) is 1.52. The van der Waals surface area contributed by atoms with Gasteiger partial charge in [0.25, 0.3) is 11.6 Å². The number of aromatic hydroxyl groups is 1. The van der Waals surface area contributed by atoms with Crippen LogP contribution in [0.5, 0.6) is 11.5 Å². The molecule has 0 saturated heterocycles. The minimum atomic E-state index is -1.50. The van der Waals surface area contributed by atoms with E-state index in [1.54, 1.807) is 42.5 Å². The van der Waals surface area contributed by atoms with Crippen molar-refractivity contribution in [3.63, 3.8) is 0 Å². The molecule has 8 nitrogen and oxygen atoms in total. The van der Waals surface area contributed by atoms with E-state index in [-0.39, 0.29) is 16.9 Å². The summed E-state index contributed by atoms with van der Waals surface area (Å²) in [5, 5.41) is 29.2. The van der Waals surface area contributed by atoms with E-state index in [2.05, 4.69) is 0 Å². The van der Waals surface area contributed by atoms with Gasteiger partial charge in [-0.25, -0.2) is 9.59 Å². The number of hydrogen-bond acceptors (Lipinski definition) is 6. The van der Waals surface area contributed by atoms with Crippen molar-refractivity contribution < 1.29 is 39.2 Å². The van der Waals surface area contributed by atoms with Gasteiger partial charge < -0.3 is 20.1 Å². The number of phenols is 1. The van der Waals surface area contributed by atoms with E-state index < -0.39 is 23.5 Å². The smallest absolute Gasteiger partial charge is 0.377 e. The van der Waals surface area contributed by atoms with Crippen LogP contribution in [0.2, 0.25) is 0 Å². The Morgan fingerprint density at radius 3 is 1.64 bits per heavy atom. The van der Waals surface area contributed by atoms with Crippen LogP contribution in [0.1, 0.15) is 20.7 Å². The summed E-state index contributed by atoms with van der Waals surface area (Å²) < 4.78 is 5.06. The fourth-order valence-corrected chi connectivity index (χ4v) is 3.27. The number of hydrogen-bond donors (Lipinski definition) is 3. The Morgan fingerprint density at radius 1 is 0.667 bits per heavy atom. The van der Waals surface area contributed by atoms with Crippen LogP contribution in [0.4, 0.5) is 0 Å². The fourth-order valence-electron chi connectivity index (χ4n) is 3.27. The van der Waals surface area contributed by atoms with Gasteiger partial charge in [-0.15, -0.1) is 0 Å². The number of carboxylic acids is 2. The molecule has 3 N–H and O–H groups in total. The summed E-state index contributed by atoms with van der Waals surface area (Å²) in [5.41, 5.74) is 0.259. The average molecular weight is 446 g/mol. The maximum atomic E-state index is 11.5. The molecule has 0 amide bonds. The Morgan fingerprint density at radius 2 is 1.15 bits per heavy atom. The predicted octanol–water partition coefficient (Wildman–Crippen LogP) is 3.93. The highest BCUT2D eigenvalue weighted by Crippen LogP contribution is 2.25. The minimum absolute atomic E-state index is 0.00172. The van der Waals surface area contributed by atoms with Gasteiger partial charge in [-0.05, 0) is 45.8 Å². The quantitative estimate of drug-likeness (QED) is 0.310. The van der Waals surface area contributed by atoms with Crippen molar-refractivity contribution in [2.75, 3.05) is 7.11 Å². The third-order valence-electron chi connectivity index (χ3n) is 4.83. The Kier molecular flexibility index (Phi) is 6.68. The number of ketones is 2. The molecule has 0 aliphatic rings. The lowest BCUT2D eigenvalue weighted by Crippen LogP contribution is -2.12. The molecule has 0 unspecified atom stereocenters. The van der Waals surface area contributed by atoms with Crippen molar-refractivity contribution in [1.82, 2.24) is 0 Å². The molecule has 166 valence electrons. The summed E-state index contributed by atoms with van der Waals surface area (Å²) in [5.74, 6) is -4.27. The van der Waals surface area contributed by atoms with Crippen LogP contribution in [0.3, 0.4) is 0 Å². The van der Waals surface area contributed by atoms with Crippen LogP contribution in [0, 0.1) is 0 Å². The van der Waals surface area contributed by atoms with Gasteiger partial charge in [-0.1, -0.05) is 48.5 Å². The van der Waals surface area contributed by atoms with E-state index in [4.69, 9.17) is 14.9 Å². The summed E-state index contributed by atoms with van der Waals surface area (Å²) >= 11 is 0. The molecule has 4 aromatic carbocycles. The second-order valence-electron chi connectivity index (χ2n) is 6.87. The van der Waals surface area contributed by atoms with E-state index in [0.717, 1.165) is 5.39 Å². The normalized spacial score (nSPS) is 10.2. The first kappa shape index (κ1) is 23.0. The predicted molar refractivity (Wildman–Crippen MR) is 120 cm³/mol. The van der Waals surface area contributed by atoms with E-state index in [0.29, 0.717) is 21.9 Å². The molecule has 0 aliphatic heterocycles. The largest absolute Gasteiger partial charge is 0.508 e. The third-order valence-corrected chi connectivity index (χ3v) is 4.83. The zero-order valence-corrected chi connectivity index (χ0v) is 17.3. The maximum Gasteiger partial charge on any atom is 0.377 e. The van der Waals surface area contributed by atoms with Crippen molar-refractivity contribution in [1.29, 1.82) is 0 Å². The number of phenolic OH excluding ortho intramolecular Hbond substituents is 1. The lowest BCUT2D eigenvalue weighted by molar-refractivity contribution is -0.132. The second kappa shape index (κ2) is 9.61. The molecule has 0 heterocycles. The lowest BCUT2D eigenvalue weighted by atomic mass is 10.0. The molecule has 8 heteroatoms. The van der Waals surface area contributed by atoms with E-state index in [9.17, 15) is 24.3 Å². The summed E-state index contributed by atoms with van der Waals surface area (Å²) in [6.45, 7) is 0. The zero-order chi connectivity index (χ0) is 24.1. The van der Waals surface area contributed by atoms with Crippen LogP contribution in [-0.4, -0.2) is 45.9 Å².